The smallest absolute Gasteiger partial charge is 0.247 e. The highest BCUT2D eigenvalue weighted by molar-refractivity contribution is 5.98. The average Bonchev–Trinajstić information content (AvgIpc) is 3.29. The number of carbonyl (C=O) groups is 2. The van der Waals surface area contributed by atoms with Gasteiger partial charge in [0.1, 0.15) is 6.04 Å². The Balaban J connectivity index is 1.56. The quantitative estimate of drug-likeness (QED) is 0.757. The van der Waals surface area contributed by atoms with E-state index in [9.17, 15) is 9.59 Å². The molecule has 0 saturated carbocycles. The van der Waals surface area contributed by atoms with Gasteiger partial charge in [-0.3, -0.25) is 9.59 Å². The van der Waals surface area contributed by atoms with E-state index in [1.54, 1.807) is 4.90 Å². The molecule has 1 aliphatic rings. The van der Waals surface area contributed by atoms with E-state index in [0.717, 1.165) is 34.3 Å². The lowest BCUT2D eigenvalue weighted by molar-refractivity contribution is -0.134. The number of aromatic amines is 1. The third-order valence-corrected chi connectivity index (χ3v) is 4.93. The molecule has 1 aromatic heterocycles. The van der Waals surface area contributed by atoms with Gasteiger partial charge >= 0.3 is 0 Å². The summed E-state index contributed by atoms with van der Waals surface area (Å²) in [6.45, 7) is 2.17. The van der Waals surface area contributed by atoms with Gasteiger partial charge in [0.05, 0.1) is 0 Å². The lowest BCUT2D eigenvalue weighted by Gasteiger charge is -2.22. The third kappa shape index (κ3) is 3.08. The van der Waals surface area contributed by atoms with Crippen LogP contribution in [-0.2, 0) is 9.59 Å². The maximum Gasteiger partial charge on any atom is 0.247 e. The summed E-state index contributed by atoms with van der Waals surface area (Å²) in [5.41, 5.74) is 3.84. The molecule has 5 nitrogen and oxygen atoms in total. The Bertz CT molecular complexity index is 943. The van der Waals surface area contributed by atoms with Crippen LogP contribution in [0.5, 0.6) is 0 Å². The molecule has 0 aliphatic carbocycles. The van der Waals surface area contributed by atoms with Crippen LogP contribution in [0.2, 0.25) is 0 Å². The molecule has 0 radical (unpaired) electrons. The van der Waals surface area contributed by atoms with Crippen molar-refractivity contribution in [1.29, 1.82) is 0 Å². The van der Waals surface area contributed by atoms with Gasteiger partial charge in [-0.2, -0.15) is 0 Å². The SMILES string of the molecule is CC(=O)N1CCC[C@H]1C(=O)Nc1cccc(-c2cc3ccccc3[nH]2)c1. The maximum atomic E-state index is 12.6. The van der Waals surface area contributed by atoms with Gasteiger partial charge < -0.3 is 15.2 Å². The van der Waals surface area contributed by atoms with Crippen molar-refractivity contribution in [2.24, 2.45) is 0 Å². The van der Waals surface area contributed by atoms with Crippen molar-refractivity contribution >= 4 is 28.4 Å². The molecule has 2 N–H and O–H groups in total. The normalized spacial score (nSPS) is 16.8. The molecule has 0 bridgehead atoms. The van der Waals surface area contributed by atoms with Crippen molar-refractivity contribution in [3.8, 4) is 11.3 Å². The molecule has 132 valence electrons. The molecule has 5 heteroatoms. The second-order valence-electron chi connectivity index (χ2n) is 6.71. The Labute approximate surface area is 152 Å². The van der Waals surface area contributed by atoms with Gasteiger partial charge in [-0.15, -0.1) is 0 Å². The first-order valence-corrected chi connectivity index (χ1v) is 8.88. The molecule has 4 rings (SSSR count). The Morgan fingerprint density at radius 3 is 2.77 bits per heavy atom. The molecule has 1 atom stereocenters. The Morgan fingerprint density at radius 2 is 1.96 bits per heavy atom. The van der Waals surface area contributed by atoms with E-state index >= 15 is 0 Å². The number of likely N-dealkylation sites (tertiary alicyclic amines) is 1. The second-order valence-corrected chi connectivity index (χ2v) is 6.71. The zero-order valence-electron chi connectivity index (χ0n) is 14.7. The van der Waals surface area contributed by atoms with Crippen molar-refractivity contribution in [2.75, 3.05) is 11.9 Å². The minimum Gasteiger partial charge on any atom is -0.355 e. The first-order chi connectivity index (χ1) is 12.6. The summed E-state index contributed by atoms with van der Waals surface area (Å²) in [7, 11) is 0. The summed E-state index contributed by atoms with van der Waals surface area (Å²) >= 11 is 0. The van der Waals surface area contributed by atoms with Gasteiger partial charge in [0.25, 0.3) is 0 Å². The predicted octanol–water partition coefficient (Wildman–Crippen LogP) is 3.78. The van der Waals surface area contributed by atoms with Crippen LogP contribution in [0.1, 0.15) is 19.8 Å². The summed E-state index contributed by atoms with van der Waals surface area (Å²) in [5, 5.41) is 4.12. The van der Waals surface area contributed by atoms with Gasteiger partial charge in [0.15, 0.2) is 0 Å². The van der Waals surface area contributed by atoms with Gasteiger partial charge in [-0.25, -0.2) is 0 Å². The number of benzene rings is 2. The van der Waals surface area contributed by atoms with Crippen LogP contribution in [0, 0.1) is 0 Å². The number of fused-ring (bicyclic) bond motifs is 1. The van der Waals surface area contributed by atoms with Crippen LogP contribution in [0.3, 0.4) is 0 Å². The standard InChI is InChI=1S/C21H21N3O2/c1-14(25)24-11-5-10-20(24)21(26)22-17-8-4-7-15(12-17)19-13-16-6-2-3-9-18(16)23-19/h2-4,6-9,12-13,20,23H,5,10-11H2,1H3,(H,22,26)/t20-/m0/s1. The molecule has 0 unspecified atom stereocenters. The van der Waals surface area contributed by atoms with E-state index in [0.29, 0.717) is 13.0 Å². The highest BCUT2D eigenvalue weighted by Crippen LogP contribution is 2.26. The largest absolute Gasteiger partial charge is 0.355 e. The fraction of sp³-hybridized carbons (Fsp3) is 0.238. The summed E-state index contributed by atoms with van der Waals surface area (Å²) in [6, 6.07) is 17.6. The summed E-state index contributed by atoms with van der Waals surface area (Å²) in [6.07, 6.45) is 1.58. The Morgan fingerprint density at radius 1 is 1.12 bits per heavy atom. The lowest BCUT2D eigenvalue weighted by atomic mass is 10.1. The van der Waals surface area contributed by atoms with Crippen LogP contribution in [0.25, 0.3) is 22.2 Å². The van der Waals surface area contributed by atoms with Gasteiger partial charge in [0.2, 0.25) is 11.8 Å². The van der Waals surface area contributed by atoms with Gasteiger partial charge in [-0.05, 0) is 37.1 Å². The molecular formula is C21H21N3O2. The summed E-state index contributed by atoms with van der Waals surface area (Å²) in [4.78, 5) is 29.3. The molecular weight excluding hydrogens is 326 g/mol. The van der Waals surface area contributed by atoms with Crippen molar-refractivity contribution in [2.45, 2.75) is 25.8 Å². The zero-order chi connectivity index (χ0) is 18.1. The molecule has 2 amide bonds. The number of nitrogens with zero attached hydrogens (tertiary/aromatic N) is 1. The molecule has 1 aliphatic heterocycles. The van der Waals surface area contributed by atoms with E-state index in [-0.39, 0.29) is 17.9 Å². The van der Waals surface area contributed by atoms with Gasteiger partial charge in [-0.1, -0.05) is 30.3 Å². The van der Waals surface area contributed by atoms with Crippen molar-refractivity contribution in [1.82, 2.24) is 9.88 Å². The minimum atomic E-state index is -0.371. The fourth-order valence-corrected chi connectivity index (χ4v) is 3.64. The molecule has 2 aromatic carbocycles. The van der Waals surface area contributed by atoms with Crippen LogP contribution in [0.4, 0.5) is 5.69 Å². The fourth-order valence-electron chi connectivity index (χ4n) is 3.64. The number of rotatable bonds is 3. The third-order valence-electron chi connectivity index (χ3n) is 4.93. The minimum absolute atomic E-state index is 0.0468. The number of carbonyl (C=O) groups excluding carboxylic acids is 2. The number of para-hydroxylation sites is 1. The maximum absolute atomic E-state index is 12.6. The van der Waals surface area contributed by atoms with Crippen molar-refractivity contribution in [3.05, 3.63) is 54.6 Å². The number of nitrogens with one attached hydrogen (secondary N) is 2. The molecule has 26 heavy (non-hydrogen) atoms. The highest BCUT2D eigenvalue weighted by atomic mass is 16.2. The monoisotopic (exact) mass is 347 g/mol. The molecule has 0 spiro atoms. The summed E-state index contributed by atoms with van der Waals surface area (Å²) in [5.74, 6) is -0.166. The lowest BCUT2D eigenvalue weighted by Crippen LogP contribution is -2.42. The van der Waals surface area contributed by atoms with E-state index in [1.807, 2.05) is 42.5 Å². The zero-order valence-corrected chi connectivity index (χ0v) is 14.7. The van der Waals surface area contributed by atoms with E-state index in [4.69, 9.17) is 0 Å². The molecule has 1 fully saturated rings. The van der Waals surface area contributed by atoms with E-state index in [1.165, 1.54) is 6.92 Å². The second kappa shape index (κ2) is 6.67. The molecule has 3 aromatic rings. The van der Waals surface area contributed by atoms with Crippen molar-refractivity contribution in [3.63, 3.8) is 0 Å². The predicted molar refractivity (Wildman–Crippen MR) is 103 cm³/mol. The van der Waals surface area contributed by atoms with Gasteiger partial charge in [0, 0.05) is 41.3 Å². The van der Waals surface area contributed by atoms with Crippen molar-refractivity contribution < 1.29 is 9.59 Å². The number of aromatic nitrogens is 1. The Hall–Kier alpha value is -3.08. The Kier molecular flexibility index (Phi) is 4.21. The topological polar surface area (TPSA) is 65.2 Å². The van der Waals surface area contributed by atoms with Crippen LogP contribution in [0.15, 0.2) is 54.6 Å². The van der Waals surface area contributed by atoms with E-state index in [2.05, 4.69) is 22.4 Å². The van der Waals surface area contributed by atoms with Crippen LogP contribution < -0.4 is 5.32 Å². The molecule has 2 heterocycles. The average molecular weight is 347 g/mol. The molecule has 1 saturated heterocycles. The van der Waals surface area contributed by atoms with Crippen LogP contribution >= 0.6 is 0 Å². The first-order valence-electron chi connectivity index (χ1n) is 8.88. The first kappa shape index (κ1) is 16.4. The number of amides is 2. The highest BCUT2D eigenvalue weighted by Gasteiger charge is 2.32. The number of hydrogen-bond acceptors (Lipinski definition) is 2. The van der Waals surface area contributed by atoms with E-state index < -0.39 is 0 Å². The number of H-pyrrole nitrogens is 1. The summed E-state index contributed by atoms with van der Waals surface area (Å²) < 4.78 is 0. The number of anilines is 1. The van der Waals surface area contributed by atoms with Crippen LogP contribution in [-0.4, -0.2) is 34.3 Å². The number of hydrogen-bond donors (Lipinski definition) is 2.